The third kappa shape index (κ3) is 17.5. The average Bonchev–Trinajstić information content (AvgIpc) is 2.84. The van der Waals surface area contributed by atoms with Crippen LogP contribution in [-0.2, 0) is 30.4 Å². The molecule has 5 amide bonds. The first-order chi connectivity index (χ1) is 18.6. The maximum Gasteiger partial charge on any atom is 0.408 e. The number of carbonyl (C=O) groups is 5. The summed E-state index contributed by atoms with van der Waals surface area (Å²) < 4.78 is 15.5. The molecule has 40 heavy (non-hydrogen) atoms. The van der Waals surface area contributed by atoms with Crippen LogP contribution in [0.5, 0.6) is 0 Å². The Bertz CT molecular complexity index is 973. The topological polar surface area (TPSA) is 173 Å². The quantitative estimate of drug-likeness (QED) is 0.179. The van der Waals surface area contributed by atoms with Gasteiger partial charge in [-0.3, -0.25) is 9.59 Å². The maximum absolute atomic E-state index is 12.8. The second-order valence-corrected chi connectivity index (χ2v) is 10.8. The van der Waals surface area contributed by atoms with E-state index in [-0.39, 0.29) is 51.5 Å². The molecule has 1 rings (SSSR count). The molecule has 0 unspecified atom stereocenters. The van der Waals surface area contributed by atoms with Crippen LogP contribution in [0.1, 0.15) is 59.9 Å². The van der Waals surface area contributed by atoms with Crippen LogP contribution >= 0.6 is 0 Å². The van der Waals surface area contributed by atoms with Gasteiger partial charge in [-0.2, -0.15) is 0 Å². The van der Waals surface area contributed by atoms with Gasteiger partial charge in [-0.15, -0.1) is 0 Å². The molecule has 0 aliphatic heterocycles. The second kappa shape index (κ2) is 16.8. The van der Waals surface area contributed by atoms with Crippen molar-refractivity contribution in [3.8, 4) is 0 Å². The van der Waals surface area contributed by atoms with Crippen molar-refractivity contribution in [2.45, 2.75) is 78.2 Å². The molecule has 1 atom stereocenters. The van der Waals surface area contributed by atoms with E-state index in [0.717, 1.165) is 5.56 Å². The molecular formula is C27H43N5O8. The van der Waals surface area contributed by atoms with Crippen LogP contribution < -0.4 is 26.6 Å². The molecule has 5 N–H and O–H groups in total. The molecule has 0 aliphatic carbocycles. The molecule has 0 saturated heterocycles. The van der Waals surface area contributed by atoms with E-state index in [2.05, 4.69) is 26.6 Å². The normalized spacial score (nSPS) is 11.8. The lowest BCUT2D eigenvalue weighted by Gasteiger charge is -2.20. The summed E-state index contributed by atoms with van der Waals surface area (Å²) in [5.74, 6) is -0.933. The molecule has 1 aromatic rings. The highest BCUT2D eigenvalue weighted by Crippen LogP contribution is 2.07. The van der Waals surface area contributed by atoms with Gasteiger partial charge in [0, 0.05) is 32.6 Å². The second-order valence-electron chi connectivity index (χ2n) is 10.8. The first-order valence-electron chi connectivity index (χ1n) is 13.1. The average molecular weight is 566 g/mol. The SMILES string of the molecule is CC(C)(C)OC(=O)NCCNC(=O)CC[C@H](NC(=O)OCc1ccccc1)C(=O)NCCNC(=O)OC(C)(C)C. The molecule has 0 fully saturated rings. The van der Waals surface area contributed by atoms with E-state index < -0.39 is 41.4 Å². The van der Waals surface area contributed by atoms with E-state index in [1.165, 1.54) is 0 Å². The molecule has 0 aromatic heterocycles. The van der Waals surface area contributed by atoms with Gasteiger partial charge >= 0.3 is 18.3 Å². The molecule has 1 aromatic carbocycles. The Balaban J connectivity index is 2.55. The number of alkyl carbamates (subject to hydrolysis) is 3. The highest BCUT2D eigenvalue weighted by atomic mass is 16.6. The van der Waals surface area contributed by atoms with Crippen LogP contribution in [0.25, 0.3) is 0 Å². The van der Waals surface area contributed by atoms with Crippen molar-refractivity contribution >= 4 is 30.1 Å². The molecule has 13 heteroatoms. The fourth-order valence-corrected chi connectivity index (χ4v) is 3.01. The van der Waals surface area contributed by atoms with Crippen LogP contribution in [0.4, 0.5) is 14.4 Å². The molecule has 0 heterocycles. The summed E-state index contributed by atoms with van der Waals surface area (Å²) in [7, 11) is 0. The zero-order valence-electron chi connectivity index (χ0n) is 24.2. The van der Waals surface area contributed by atoms with Gasteiger partial charge in [0.05, 0.1) is 0 Å². The van der Waals surface area contributed by atoms with Crippen molar-refractivity contribution in [3.05, 3.63) is 35.9 Å². The molecule has 0 bridgehead atoms. The molecule has 0 aliphatic rings. The Labute approximate surface area is 235 Å². The zero-order valence-corrected chi connectivity index (χ0v) is 24.2. The Morgan fingerprint density at radius 3 is 1.73 bits per heavy atom. The predicted molar refractivity (Wildman–Crippen MR) is 147 cm³/mol. The first kappa shape index (κ1) is 34.0. The summed E-state index contributed by atoms with van der Waals surface area (Å²) in [5.41, 5.74) is -0.523. The van der Waals surface area contributed by atoms with Crippen molar-refractivity contribution in [1.82, 2.24) is 26.6 Å². The Kier molecular flexibility index (Phi) is 14.3. The minimum atomic E-state index is -1.07. The lowest BCUT2D eigenvalue weighted by molar-refractivity contribution is -0.124. The molecule has 13 nitrogen and oxygen atoms in total. The Morgan fingerprint density at radius 2 is 1.20 bits per heavy atom. The van der Waals surface area contributed by atoms with Crippen molar-refractivity contribution in [3.63, 3.8) is 0 Å². The number of carbonyl (C=O) groups excluding carboxylic acids is 5. The van der Waals surface area contributed by atoms with Gasteiger partial charge in [0.1, 0.15) is 23.9 Å². The smallest absolute Gasteiger partial charge is 0.408 e. The Morgan fingerprint density at radius 1 is 0.700 bits per heavy atom. The van der Waals surface area contributed by atoms with Gasteiger partial charge in [-0.05, 0) is 53.5 Å². The predicted octanol–water partition coefficient (Wildman–Crippen LogP) is 2.34. The summed E-state index contributed by atoms with van der Waals surface area (Å²) in [6.45, 7) is 10.9. The number of ether oxygens (including phenoxy) is 3. The van der Waals surface area contributed by atoms with Gasteiger partial charge in [-0.1, -0.05) is 30.3 Å². The summed E-state index contributed by atoms with van der Waals surface area (Å²) in [6.07, 6.45) is -2.15. The van der Waals surface area contributed by atoms with Gasteiger partial charge in [-0.25, -0.2) is 14.4 Å². The van der Waals surface area contributed by atoms with E-state index in [1.54, 1.807) is 65.8 Å². The highest BCUT2D eigenvalue weighted by Gasteiger charge is 2.23. The molecule has 0 spiro atoms. The number of hydrogen-bond acceptors (Lipinski definition) is 8. The van der Waals surface area contributed by atoms with Crippen LogP contribution in [0.3, 0.4) is 0 Å². The zero-order chi connectivity index (χ0) is 30.2. The summed E-state index contributed by atoms with van der Waals surface area (Å²) in [5, 5.41) is 12.8. The van der Waals surface area contributed by atoms with Crippen molar-refractivity contribution in [2.75, 3.05) is 26.2 Å². The van der Waals surface area contributed by atoms with E-state index in [0.29, 0.717) is 0 Å². The third-order valence-electron chi connectivity index (χ3n) is 4.69. The number of nitrogens with one attached hydrogen (secondary N) is 5. The summed E-state index contributed by atoms with van der Waals surface area (Å²) in [4.78, 5) is 60.9. The number of amides is 5. The molecule has 0 radical (unpaired) electrons. The summed E-state index contributed by atoms with van der Waals surface area (Å²) in [6, 6.07) is 7.95. The van der Waals surface area contributed by atoms with Crippen molar-refractivity contribution < 1.29 is 38.2 Å². The number of benzene rings is 1. The van der Waals surface area contributed by atoms with Crippen LogP contribution in [0.2, 0.25) is 0 Å². The first-order valence-corrected chi connectivity index (χ1v) is 13.1. The van der Waals surface area contributed by atoms with Gasteiger partial charge in [0.25, 0.3) is 0 Å². The van der Waals surface area contributed by atoms with Crippen LogP contribution in [0.15, 0.2) is 30.3 Å². The number of rotatable bonds is 13. The lowest BCUT2D eigenvalue weighted by atomic mass is 10.1. The largest absolute Gasteiger partial charge is 0.445 e. The lowest BCUT2D eigenvalue weighted by Crippen LogP contribution is -2.49. The van der Waals surface area contributed by atoms with Crippen molar-refractivity contribution in [1.29, 1.82) is 0 Å². The van der Waals surface area contributed by atoms with Gasteiger partial charge < -0.3 is 40.8 Å². The third-order valence-corrected chi connectivity index (χ3v) is 4.69. The standard InChI is InChI=1S/C27H43N5O8/c1-26(2,3)39-23(35)30-16-14-28-21(33)13-12-20(32-25(37)38-18-19-10-8-7-9-11-19)22(34)29-15-17-31-24(36)40-27(4,5)6/h7-11,20H,12-18H2,1-6H3,(H,28,33)(H,29,34)(H,30,35)(H,31,36)(H,32,37)/t20-/m0/s1. The van der Waals surface area contributed by atoms with E-state index in [4.69, 9.17) is 14.2 Å². The fraction of sp³-hybridized carbons (Fsp3) is 0.593. The maximum atomic E-state index is 12.8. The fourth-order valence-electron chi connectivity index (χ4n) is 3.01. The van der Waals surface area contributed by atoms with Gasteiger partial charge in [0.15, 0.2) is 0 Å². The minimum Gasteiger partial charge on any atom is -0.445 e. The number of hydrogen-bond donors (Lipinski definition) is 5. The van der Waals surface area contributed by atoms with E-state index in [1.807, 2.05) is 6.07 Å². The van der Waals surface area contributed by atoms with E-state index >= 15 is 0 Å². The molecule has 224 valence electrons. The summed E-state index contributed by atoms with van der Waals surface area (Å²) >= 11 is 0. The Hall–Kier alpha value is -4.03. The van der Waals surface area contributed by atoms with Gasteiger partial charge in [0.2, 0.25) is 11.8 Å². The van der Waals surface area contributed by atoms with Crippen LogP contribution in [0, 0.1) is 0 Å². The molecular weight excluding hydrogens is 522 g/mol. The van der Waals surface area contributed by atoms with E-state index in [9.17, 15) is 24.0 Å². The van der Waals surface area contributed by atoms with Crippen molar-refractivity contribution in [2.24, 2.45) is 0 Å². The highest BCUT2D eigenvalue weighted by molar-refractivity contribution is 5.86. The van der Waals surface area contributed by atoms with Crippen LogP contribution in [-0.4, -0.2) is 73.5 Å². The monoisotopic (exact) mass is 565 g/mol. The molecule has 0 saturated carbocycles. The minimum absolute atomic E-state index is 0.00591.